The highest BCUT2D eigenvalue weighted by molar-refractivity contribution is 4.99. The molecule has 84 valence electrons. The minimum Gasteiger partial charge on any atom is -0.345 e. The molecule has 1 aliphatic rings. The van der Waals surface area contributed by atoms with Crippen molar-refractivity contribution in [2.75, 3.05) is 0 Å². The van der Waals surface area contributed by atoms with Crippen LogP contribution in [0.4, 0.5) is 0 Å². The Kier molecular flexibility index (Phi) is 3.41. The van der Waals surface area contributed by atoms with Gasteiger partial charge in [0.2, 0.25) is 0 Å². The standard InChI is InChI=1S/C12H21N3/c1-9(11-5-3-4-6-11)13-7-12-8-14-10(2)15-12/h8-9,11,13H,3-7H2,1-2H3,(H,14,15)/t9-/m0/s1. The summed E-state index contributed by atoms with van der Waals surface area (Å²) in [4.78, 5) is 7.44. The van der Waals surface area contributed by atoms with Gasteiger partial charge in [-0.25, -0.2) is 4.98 Å². The third-order valence-corrected chi connectivity index (χ3v) is 3.48. The molecule has 1 atom stereocenters. The molecule has 3 heteroatoms. The van der Waals surface area contributed by atoms with E-state index in [1.807, 2.05) is 13.1 Å². The molecule has 1 heterocycles. The SMILES string of the molecule is Cc1ncc(CN[C@@H](C)C2CCCC2)[nH]1. The van der Waals surface area contributed by atoms with Gasteiger partial charge in [0.25, 0.3) is 0 Å². The van der Waals surface area contributed by atoms with Gasteiger partial charge in [0.1, 0.15) is 5.82 Å². The fraction of sp³-hybridized carbons (Fsp3) is 0.750. The number of aromatic amines is 1. The highest BCUT2D eigenvalue weighted by Gasteiger charge is 2.20. The van der Waals surface area contributed by atoms with Crippen LogP contribution >= 0.6 is 0 Å². The summed E-state index contributed by atoms with van der Waals surface area (Å²) in [7, 11) is 0. The van der Waals surface area contributed by atoms with Crippen molar-refractivity contribution in [2.24, 2.45) is 5.92 Å². The summed E-state index contributed by atoms with van der Waals surface area (Å²) in [5, 5.41) is 3.58. The van der Waals surface area contributed by atoms with Gasteiger partial charge in [-0.05, 0) is 32.6 Å². The maximum Gasteiger partial charge on any atom is 0.103 e. The van der Waals surface area contributed by atoms with Crippen molar-refractivity contribution in [1.29, 1.82) is 0 Å². The lowest BCUT2D eigenvalue weighted by Crippen LogP contribution is -2.31. The first-order valence-electron chi connectivity index (χ1n) is 5.99. The minimum atomic E-state index is 0.635. The first-order chi connectivity index (χ1) is 7.25. The van der Waals surface area contributed by atoms with Crippen LogP contribution in [0, 0.1) is 12.8 Å². The minimum absolute atomic E-state index is 0.635. The molecule has 1 saturated carbocycles. The molecule has 0 saturated heterocycles. The van der Waals surface area contributed by atoms with Crippen LogP contribution in [0.25, 0.3) is 0 Å². The van der Waals surface area contributed by atoms with Crippen LogP contribution in [0.1, 0.15) is 44.1 Å². The first-order valence-corrected chi connectivity index (χ1v) is 5.99. The Hall–Kier alpha value is -0.830. The maximum atomic E-state index is 4.20. The molecule has 1 aromatic heterocycles. The van der Waals surface area contributed by atoms with Crippen LogP contribution in [-0.2, 0) is 6.54 Å². The van der Waals surface area contributed by atoms with Gasteiger partial charge in [0.15, 0.2) is 0 Å². The summed E-state index contributed by atoms with van der Waals surface area (Å²) in [6.07, 6.45) is 7.55. The summed E-state index contributed by atoms with van der Waals surface area (Å²) in [5.41, 5.74) is 1.19. The van der Waals surface area contributed by atoms with Crippen molar-refractivity contribution >= 4 is 0 Å². The fourth-order valence-corrected chi connectivity index (χ4v) is 2.46. The lowest BCUT2D eigenvalue weighted by Gasteiger charge is -2.19. The van der Waals surface area contributed by atoms with E-state index >= 15 is 0 Å². The molecular weight excluding hydrogens is 186 g/mol. The van der Waals surface area contributed by atoms with E-state index in [0.29, 0.717) is 6.04 Å². The van der Waals surface area contributed by atoms with E-state index in [1.54, 1.807) is 0 Å². The average molecular weight is 207 g/mol. The number of nitrogens with one attached hydrogen (secondary N) is 2. The topological polar surface area (TPSA) is 40.7 Å². The Labute approximate surface area is 91.7 Å². The number of H-pyrrole nitrogens is 1. The van der Waals surface area contributed by atoms with Gasteiger partial charge < -0.3 is 10.3 Å². The van der Waals surface area contributed by atoms with Crippen LogP contribution < -0.4 is 5.32 Å². The number of hydrogen-bond acceptors (Lipinski definition) is 2. The number of hydrogen-bond donors (Lipinski definition) is 2. The second kappa shape index (κ2) is 4.79. The van der Waals surface area contributed by atoms with Crippen LogP contribution in [0.2, 0.25) is 0 Å². The van der Waals surface area contributed by atoms with Gasteiger partial charge in [-0.3, -0.25) is 0 Å². The molecule has 2 N–H and O–H groups in total. The second-order valence-electron chi connectivity index (χ2n) is 4.71. The molecule has 0 amide bonds. The average Bonchev–Trinajstić information content (AvgIpc) is 2.84. The van der Waals surface area contributed by atoms with Crippen molar-refractivity contribution in [3.63, 3.8) is 0 Å². The van der Waals surface area contributed by atoms with E-state index in [2.05, 4.69) is 22.2 Å². The van der Waals surface area contributed by atoms with Gasteiger partial charge in [0.05, 0.1) is 0 Å². The number of imidazole rings is 1. The predicted molar refractivity (Wildman–Crippen MR) is 61.6 cm³/mol. The largest absolute Gasteiger partial charge is 0.345 e. The molecule has 0 unspecified atom stereocenters. The lowest BCUT2D eigenvalue weighted by molar-refractivity contribution is 0.379. The molecule has 1 fully saturated rings. The van der Waals surface area contributed by atoms with Crippen LogP contribution in [0.3, 0.4) is 0 Å². The summed E-state index contributed by atoms with van der Waals surface area (Å²) in [5.74, 6) is 1.88. The summed E-state index contributed by atoms with van der Waals surface area (Å²) < 4.78 is 0. The molecule has 3 nitrogen and oxygen atoms in total. The normalized spacial score (nSPS) is 19.6. The summed E-state index contributed by atoms with van der Waals surface area (Å²) >= 11 is 0. The molecule has 0 radical (unpaired) electrons. The van der Waals surface area contributed by atoms with Gasteiger partial charge in [-0.2, -0.15) is 0 Å². The van der Waals surface area contributed by atoms with E-state index in [9.17, 15) is 0 Å². The Morgan fingerprint density at radius 1 is 1.53 bits per heavy atom. The molecule has 1 aromatic rings. The zero-order valence-electron chi connectivity index (χ0n) is 9.71. The second-order valence-corrected chi connectivity index (χ2v) is 4.71. The monoisotopic (exact) mass is 207 g/mol. The van der Waals surface area contributed by atoms with Crippen molar-refractivity contribution in [3.8, 4) is 0 Å². The van der Waals surface area contributed by atoms with Crippen LogP contribution in [0.15, 0.2) is 6.20 Å². The highest BCUT2D eigenvalue weighted by atomic mass is 15.0. The van der Waals surface area contributed by atoms with Crippen molar-refractivity contribution in [3.05, 3.63) is 17.7 Å². The van der Waals surface area contributed by atoms with E-state index in [-0.39, 0.29) is 0 Å². The summed E-state index contributed by atoms with van der Waals surface area (Å²) in [6, 6.07) is 0.635. The van der Waals surface area contributed by atoms with Crippen molar-refractivity contribution < 1.29 is 0 Å². The Morgan fingerprint density at radius 2 is 2.27 bits per heavy atom. The number of rotatable bonds is 4. The van der Waals surface area contributed by atoms with Gasteiger partial charge in [-0.1, -0.05) is 12.8 Å². The van der Waals surface area contributed by atoms with Gasteiger partial charge in [-0.15, -0.1) is 0 Å². The zero-order chi connectivity index (χ0) is 10.7. The molecule has 15 heavy (non-hydrogen) atoms. The van der Waals surface area contributed by atoms with E-state index in [0.717, 1.165) is 18.3 Å². The molecular formula is C12H21N3. The van der Waals surface area contributed by atoms with E-state index in [4.69, 9.17) is 0 Å². The smallest absolute Gasteiger partial charge is 0.103 e. The number of aromatic nitrogens is 2. The van der Waals surface area contributed by atoms with Crippen molar-refractivity contribution in [1.82, 2.24) is 15.3 Å². The van der Waals surface area contributed by atoms with E-state index in [1.165, 1.54) is 31.4 Å². The summed E-state index contributed by atoms with van der Waals surface area (Å²) in [6.45, 7) is 5.21. The lowest BCUT2D eigenvalue weighted by atomic mass is 10.00. The molecule has 2 rings (SSSR count). The third kappa shape index (κ3) is 2.81. The quantitative estimate of drug-likeness (QED) is 0.796. The molecule has 0 spiro atoms. The van der Waals surface area contributed by atoms with E-state index < -0.39 is 0 Å². The zero-order valence-corrected chi connectivity index (χ0v) is 9.71. The van der Waals surface area contributed by atoms with Crippen LogP contribution in [-0.4, -0.2) is 16.0 Å². The fourth-order valence-electron chi connectivity index (χ4n) is 2.46. The third-order valence-electron chi connectivity index (χ3n) is 3.48. The molecule has 0 aliphatic heterocycles. The Morgan fingerprint density at radius 3 is 2.87 bits per heavy atom. The first kappa shape index (κ1) is 10.7. The Bertz CT molecular complexity index is 300. The molecule has 0 aromatic carbocycles. The molecule has 0 bridgehead atoms. The predicted octanol–water partition coefficient (Wildman–Crippen LogP) is 2.39. The van der Waals surface area contributed by atoms with Crippen molar-refractivity contribution in [2.45, 2.75) is 52.1 Å². The maximum absolute atomic E-state index is 4.20. The van der Waals surface area contributed by atoms with Gasteiger partial charge in [0, 0.05) is 24.5 Å². The molecule has 1 aliphatic carbocycles. The van der Waals surface area contributed by atoms with Gasteiger partial charge >= 0.3 is 0 Å². The number of nitrogens with zero attached hydrogens (tertiary/aromatic N) is 1. The van der Waals surface area contributed by atoms with Crippen LogP contribution in [0.5, 0.6) is 0 Å². The highest BCUT2D eigenvalue weighted by Crippen LogP contribution is 2.27. The Balaban J connectivity index is 1.77. The number of aryl methyl sites for hydroxylation is 1.